The van der Waals surface area contributed by atoms with Crippen LogP contribution in [0.3, 0.4) is 0 Å². The molecular weight excluding hydrogens is 470 g/mol. The van der Waals surface area contributed by atoms with Gasteiger partial charge in [-0.05, 0) is 57.4 Å². The first-order valence-corrected chi connectivity index (χ1v) is 13.5. The van der Waals surface area contributed by atoms with E-state index in [0.29, 0.717) is 24.5 Å². The summed E-state index contributed by atoms with van der Waals surface area (Å²) in [5.74, 6) is 1.23. The number of nitrogens with one attached hydrogen (secondary N) is 1. The van der Waals surface area contributed by atoms with E-state index in [0.717, 1.165) is 34.7 Å². The number of aliphatic imine (C=N–C) groups is 1. The van der Waals surface area contributed by atoms with Crippen LogP contribution >= 0.6 is 11.8 Å². The van der Waals surface area contributed by atoms with Gasteiger partial charge in [-0.15, -0.1) is 11.8 Å². The van der Waals surface area contributed by atoms with Crippen LogP contribution in [0.2, 0.25) is 0 Å². The summed E-state index contributed by atoms with van der Waals surface area (Å²) in [5.41, 5.74) is 2.79. The van der Waals surface area contributed by atoms with Crippen LogP contribution in [0.1, 0.15) is 65.0 Å². The molecule has 3 rings (SSSR count). The molecule has 0 radical (unpaired) electrons. The molecule has 0 aromatic heterocycles. The van der Waals surface area contributed by atoms with Crippen molar-refractivity contribution in [2.75, 3.05) is 13.1 Å². The van der Waals surface area contributed by atoms with Gasteiger partial charge in [0.1, 0.15) is 11.4 Å². The zero-order valence-corrected chi connectivity index (χ0v) is 22.8. The van der Waals surface area contributed by atoms with Crippen molar-refractivity contribution in [2.24, 2.45) is 4.99 Å². The highest BCUT2D eigenvalue weighted by molar-refractivity contribution is 7.98. The Balaban J connectivity index is 1.92. The van der Waals surface area contributed by atoms with Gasteiger partial charge in [-0.2, -0.15) is 0 Å². The number of rotatable bonds is 8. The van der Waals surface area contributed by atoms with E-state index in [1.54, 1.807) is 11.8 Å². The Morgan fingerprint density at radius 1 is 1.06 bits per heavy atom. The quantitative estimate of drug-likeness (QED) is 0.392. The van der Waals surface area contributed by atoms with Crippen LogP contribution in [0.25, 0.3) is 6.08 Å². The molecule has 2 aromatic carbocycles. The van der Waals surface area contributed by atoms with Gasteiger partial charge in [0.25, 0.3) is 0 Å². The van der Waals surface area contributed by atoms with E-state index in [9.17, 15) is 9.59 Å². The maximum Gasteiger partial charge on any atom is 0.413 e. The summed E-state index contributed by atoms with van der Waals surface area (Å²) in [7, 11) is 0. The molecule has 2 amide bonds. The third-order valence-electron chi connectivity index (χ3n) is 5.39. The van der Waals surface area contributed by atoms with Gasteiger partial charge in [0.05, 0.1) is 5.69 Å². The Labute approximate surface area is 219 Å². The third-order valence-corrected chi connectivity index (χ3v) is 6.45. The number of thioether (sulfide) groups is 1. The summed E-state index contributed by atoms with van der Waals surface area (Å²) < 4.78 is 5.45. The van der Waals surface area contributed by atoms with Crippen LogP contribution in [-0.4, -0.2) is 41.4 Å². The van der Waals surface area contributed by atoms with Gasteiger partial charge in [-0.3, -0.25) is 10.1 Å². The van der Waals surface area contributed by atoms with Crippen LogP contribution in [0.5, 0.6) is 0 Å². The summed E-state index contributed by atoms with van der Waals surface area (Å²) >= 11 is 1.72. The smallest absolute Gasteiger partial charge is 0.413 e. The first-order chi connectivity index (χ1) is 17.2. The van der Waals surface area contributed by atoms with E-state index in [2.05, 4.69) is 37.4 Å². The van der Waals surface area contributed by atoms with Crippen LogP contribution in [0, 0.1) is 0 Å². The molecule has 0 atom stereocenters. The predicted octanol–water partition coefficient (Wildman–Crippen LogP) is 6.97. The fourth-order valence-electron chi connectivity index (χ4n) is 3.87. The molecule has 7 heteroatoms. The highest BCUT2D eigenvalue weighted by Crippen LogP contribution is 2.33. The molecule has 0 saturated carbocycles. The lowest BCUT2D eigenvalue weighted by Crippen LogP contribution is -2.38. The van der Waals surface area contributed by atoms with Crippen molar-refractivity contribution < 1.29 is 14.3 Å². The van der Waals surface area contributed by atoms with E-state index < -0.39 is 11.7 Å². The largest absolute Gasteiger partial charge is 0.444 e. The topological polar surface area (TPSA) is 71.0 Å². The normalized spacial score (nSPS) is 13.1. The second-order valence-corrected chi connectivity index (χ2v) is 10.9. The Kier molecular flexibility index (Phi) is 9.76. The van der Waals surface area contributed by atoms with Crippen molar-refractivity contribution >= 4 is 41.4 Å². The number of fused-ring (bicyclic) bond motifs is 1. The Morgan fingerprint density at radius 3 is 2.39 bits per heavy atom. The number of amides is 2. The first kappa shape index (κ1) is 27.5. The van der Waals surface area contributed by atoms with Crippen LogP contribution < -0.4 is 5.32 Å². The lowest BCUT2D eigenvalue weighted by atomic mass is 10.1. The average molecular weight is 508 g/mol. The number of carbonyl (C=O) groups is 2. The summed E-state index contributed by atoms with van der Waals surface area (Å²) in [6.07, 6.45) is 3.33. The minimum Gasteiger partial charge on any atom is -0.444 e. The molecule has 36 heavy (non-hydrogen) atoms. The van der Waals surface area contributed by atoms with Crippen LogP contribution in [0.4, 0.5) is 10.5 Å². The van der Waals surface area contributed by atoms with E-state index in [1.807, 2.05) is 62.1 Å². The van der Waals surface area contributed by atoms with Gasteiger partial charge in [0.2, 0.25) is 5.91 Å². The van der Waals surface area contributed by atoms with Gasteiger partial charge in [-0.1, -0.05) is 50.2 Å². The highest BCUT2D eigenvalue weighted by Gasteiger charge is 2.24. The summed E-state index contributed by atoms with van der Waals surface area (Å²) in [5, 5.41) is 2.79. The molecule has 2 aromatic rings. The molecule has 1 heterocycles. The van der Waals surface area contributed by atoms with Crippen molar-refractivity contribution in [3.63, 3.8) is 0 Å². The average Bonchev–Trinajstić information content (AvgIpc) is 3.00. The maximum atomic E-state index is 13.5. The van der Waals surface area contributed by atoms with E-state index in [4.69, 9.17) is 9.73 Å². The third kappa shape index (κ3) is 8.26. The standard InChI is InChI=1S/C29H37N3O3S/c1-6-15-32(16-7-2)27(33)23-17-22-13-14-24(36-20-21-11-9-8-10-12-21)19-25(22)30-26(18-23)31-28(34)35-29(3,4)5/h8-14,17,19H,6-7,15-16,18,20H2,1-5H3,(H,30,31,34). The molecule has 1 N–H and O–H groups in total. The van der Waals surface area contributed by atoms with Crippen molar-refractivity contribution in [2.45, 2.75) is 70.1 Å². The first-order valence-electron chi connectivity index (χ1n) is 12.6. The fraction of sp³-hybridized carbons (Fsp3) is 0.414. The number of hydrogen-bond acceptors (Lipinski definition) is 5. The van der Waals surface area contributed by atoms with Gasteiger partial charge < -0.3 is 9.64 Å². The van der Waals surface area contributed by atoms with Gasteiger partial charge in [-0.25, -0.2) is 9.79 Å². The number of ether oxygens (including phenoxy) is 1. The molecule has 0 unspecified atom stereocenters. The molecule has 0 aliphatic carbocycles. The Morgan fingerprint density at radius 2 is 1.75 bits per heavy atom. The molecule has 6 nitrogen and oxygen atoms in total. The minimum absolute atomic E-state index is 0.0206. The summed E-state index contributed by atoms with van der Waals surface area (Å²) in [6.45, 7) is 11.0. The summed E-state index contributed by atoms with van der Waals surface area (Å²) in [4.78, 5) is 33.8. The van der Waals surface area contributed by atoms with Crippen LogP contribution in [-0.2, 0) is 15.3 Å². The highest BCUT2D eigenvalue weighted by atomic mass is 32.2. The summed E-state index contributed by atoms with van der Waals surface area (Å²) in [6, 6.07) is 16.4. The van der Waals surface area contributed by atoms with Gasteiger partial charge in [0.15, 0.2) is 0 Å². The number of nitrogens with zero attached hydrogens (tertiary/aromatic N) is 2. The number of alkyl carbamates (subject to hydrolysis) is 1. The number of benzene rings is 2. The molecular formula is C29H37N3O3S. The van der Waals surface area contributed by atoms with E-state index in [1.165, 1.54) is 5.56 Å². The maximum absolute atomic E-state index is 13.5. The monoisotopic (exact) mass is 507 g/mol. The minimum atomic E-state index is -0.637. The molecule has 0 bridgehead atoms. The molecule has 1 aliphatic heterocycles. The molecule has 192 valence electrons. The van der Waals surface area contributed by atoms with Crippen molar-refractivity contribution in [3.05, 3.63) is 65.2 Å². The van der Waals surface area contributed by atoms with Gasteiger partial charge >= 0.3 is 6.09 Å². The second-order valence-electron chi connectivity index (χ2n) is 9.82. The van der Waals surface area contributed by atoms with Crippen LogP contribution in [0.15, 0.2) is 64.0 Å². The lowest BCUT2D eigenvalue weighted by Gasteiger charge is -2.23. The van der Waals surface area contributed by atoms with Crippen molar-refractivity contribution in [1.82, 2.24) is 10.2 Å². The van der Waals surface area contributed by atoms with E-state index >= 15 is 0 Å². The van der Waals surface area contributed by atoms with Crippen molar-refractivity contribution in [1.29, 1.82) is 0 Å². The second kappa shape index (κ2) is 12.8. The number of amidine groups is 1. The number of carbonyl (C=O) groups excluding carboxylic acids is 2. The molecule has 1 aliphatic rings. The molecule has 0 saturated heterocycles. The zero-order chi connectivity index (χ0) is 26.1. The predicted molar refractivity (Wildman–Crippen MR) is 149 cm³/mol. The Hall–Kier alpha value is -3.06. The zero-order valence-electron chi connectivity index (χ0n) is 22.0. The SMILES string of the molecule is CCCN(CCC)C(=O)C1=Cc2ccc(SCc3ccccc3)cc2N=C(NC(=O)OC(C)(C)C)C1. The molecule has 0 spiro atoms. The van der Waals surface area contributed by atoms with Crippen molar-refractivity contribution in [3.8, 4) is 0 Å². The fourth-order valence-corrected chi connectivity index (χ4v) is 4.75. The molecule has 0 fully saturated rings. The number of hydrogen-bond donors (Lipinski definition) is 1. The Bertz CT molecular complexity index is 1110. The lowest BCUT2D eigenvalue weighted by molar-refractivity contribution is -0.127. The van der Waals surface area contributed by atoms with Gasteiger partial charge in [0, 0.05) is 41.3 Å². The van der Waals surface area contributed by atoms with E-state index in [-0.39, 0.29) is 12.3 Å².